The van der Waals surface area contributed by atoms with Gasteiger partial charge in [0, 0.05) is 17.0 Å². The molecule has 0 aliphatic heterocycles. The second kappa shape index (κ2) is 5.37. The molecule has 0 saturated heterocycles. The standard InChI is InChI=1S/C13H15NO3S/c1-8-4-9(16-2)5-11(17-3)13(8)10-7-18-12(6-15)14-10/h4-5,7,15H,6H2,1-3H3. The largest absolute Gasteiger partial charge is 0.497 e. The van der Waals surface area contributed by atoms with Crippen LogP contribution in [0.25, 0.3) is 11.3 Å². The van der Waals surface area contributed by atoms with Crippen molar-refractivity contribution in [3.05, 3.63) is 28.1 Å². The van der Waals surface area contributed by atoms with Crippen molar-refractivity contribution in [3.8, 4) is 22.8 Å². The Labute approximate surface area is 110 Å². The third kappa shape index (κ3) is 2.32. The molecule has 0 amide bonds. The minimum atomic E-state index is -0.0395. The van der Waals surface area contributed by atoms with Gasteiger partial charge in [0.05, 0.1) is 26.5 Å². The van der Waals surface area contributed by atoms with Gasteiger partial charge in [-0.1, -0.05) is 0 Å². The lowest BCUT2D eigenvalue weighted by atomic mass is 10.0. The summed E-state index contributed by atoms with van der Waals surface area (Å²) < 4.78 is 10.6. The van der Waals surface area contributed by atoms with Crippen molar-refractivity contribution < 1.29 is 14.6 Å². The Kier molecular flexibility index (Phi) is 3.84. The van der Waals surface area contributed by atoms with Crippen LogP contribution in [0.3, 0.4) is 0 Å². The summed E-state index contributed by atoms with van der Waals surface area (Å²) in [5.41, 5.74) is 2.79. The van der Waals surface area contributed by atoms with Crippen LogP contribution in [0.1, 0.15) is 10.6 Å². The van der Waals surface area contributed by atoms with Crippen molar-refractivity contribution in [3.63, 3.8) is 0 Å². The second-order valence-electron chi connectivity index (χ2n) is 3.81. The van der Waals surface area contributed by atoms with E-state index in [9.17, 15) is 0 Å². The van der Waals surface area contributed by atoms with Gasteiger partial charge in [0.15, 0.2) is 0 Å². The van der Waals surface area contributed by atoms with Gasteiger partial charge in [0.25, 0.3) is 0 Å². The molecule has 1 heterocycles. The van der Waals surface area contributed by atoms with Crippen molar-refractivity contribution in [1.29, 1.82) is 0 Å². The molecule has 2 rings (SSSR count). The van der Waals surface area contributed by atoms with Gasteiger partial charge in [0.2, 0.25) is 0 Å². The lowest BCUT2D eigenvalue weighted by Crippen LogP contribution is -1.94. The average Bonchev–Trinajstić information content (AvgIpc) is 2.85. The third-order valence-corrected chi connectivity index (χ3v) is 3.51. The number of aliphatic hydroxyl groups is 1. The predicted octanol–water partition coefficient (Wildman–Crippen LogP) is 2.63. The highest BCUT2D eigenvalue weighted by Gasteiger charge is 2.14. The van der Waals surface area contributed by atoms with E-state index in [1.165, 1.54) is 11.3 Å². The van der Waals surface area contributed by atoms with E-state index >= 15 is 0 Å². The SMILES string of the molecule is COc1cc(C)c(-c2csc(CO)n2)c(OC)c1. The van der Waals surface area contributed by atoms with E-state index in [4.69, 9.17) is 14.6 Å². The van der Waals surface area contributed by atoms with E-state index in [0.29, 0.717) is 5.01 Å². The number of hydrogen-bond acceptors (Lipinski definition) is 5. The number of thiazole rings is 1. The summed E-state index contributed by atoms with van der Waals surface area (Å²) in [7, 11) is 3.25. The first-order chi connectivity index (χ1) is 8.69. The zero-order chi connectivity index (χ0) is 13.1. The molecule has 1 aromatic carbocycles. The summed E-state index contributed by atoms with van der Waals surface area (Å²) in [5.74, 6) is 1.48. The molecular weight excluding hydrogens is 250 g/mol. The van der Waals surface area contributed by atoms with Crippen molar-refractivity contribution in [2.45, 2.75) is 13.5 Å². The molecule has 1 aromatic heterocycles. The van der Waals surface area contributed by atoms with Crippen LogP contribution in [0.5, 0.6) is 11.5 Å². The van der Waals surface area contributed by atoms with Gasteiger partial charge < -0.3 is 14.6 Å². The smallest absolute Gasteiger partial charge is 0.132 e. The van der Waals surface area contributed by atoms with Gasteiger partial charge in [-0.3, -0.25) is 0 Å². The molecule has 4 nitrogen and oxygen atoms in total. The molecule has 18 heavy (non-hydrogen) atoms. The highest BCUT2D eigenvalue weighted by molar-refractivity contribution is 7.09. The monoisotopic (exact) mass is 265 g/mol. The number of nitrogens with zero attached hydrogens (tertiary/aromatic N) is 1. The highest BCUT2D eigenvalue weighted by Crippen LogP contribution is 2.37. The van der Waals surface area contributed by atoms with Crippen LogP contribution < -0.4 is 9.47 Å². The Balaban J connectivity index is 2.55. The van der Waals surface area contributed by atoms with E-state index in [1.807, 2.05) is 24.4 Å². The van der Waals surface area contributed by atoms with Gasteiger partial charge in [-0.15, -0.1) is 11.3 Å². The Morgan fingerprint density at radius 2 is 2.06 bits per heavy atom. The molecule has 0 unspecified atom stereocenters. The van der Waals surface area contributed by atoms with Crippen LogP contribution in [-0.4, -0.2) is 24.3 Å². The van der Waals surface area contributed by atoms with Gasteiger partial charge in [-0.25, -0.2) is 4.98 Å². The molecule has 0 aliphatic rings. The van der Waals surface area contributed by atoms with Crippen molar-refractivity contribution in [2.75, 3.05) is 14.2 Å². The summed E-state index contributed by atoms with van der Waals surface area (Å²) in [6.45, 7) is 1.94. The van der Waals surface area contributed by atoms with Gasteiger partial charge >= 0.3 is 0 Å². The number of hydrogen-bond donors (Lipinski definition) is 1. The molecule has 2 aromatic rings. The first-order valence-corrected chi connectivity index (χ1v) is 6.35. The molecule has 0 bridgehead atoms. The highest BCUT2D eigenvalue weighted by atomic mass is 32.1. The number of aliphatic hydroxyl groups excluding tert-OH is 1. The van der Waals surface area contributed by atoms with E-state index in [1.54, 1.807) is 14.2 Å². The van der Waals surface area contributed by atoms with Crippen molar-refractivity contribution in [2.24, 2.45) is 0 Å². The molecule has 0 spiro atoms. The molecule has 0 aliphatic carbocycles. The Morgan fingerprint density at radius 3 is 2.61 bits per heavy atom. The Hall–Kier alpha value is -1.59. The maximum absolute atomic E-state index is 9.07. The normalized spacial score (nSPS) is 10.4. The summed E-state index contributed by atoms with van der Waals surface area (Å²) in [6.07, 6.45) is 0. The molecule has 96 valence electrons. The number of methoxy groups -OCH3 is 2. The summed E-state index contributed by atoms with van der Waals surface area (Å²) in [6, 6.07) is 3.77. The lowest BCUT2D eigenvalue weighted by Gasteiger charge is -2.12. The van der Waals surface area contributed by atoms with Gasteiger partial charge in [-0.05, 0) is 18.6 Å². The van der Waals surface area contributed by atoms with Gasteiger partial charge in [0.1, 0.15) is 16.5 Å². The van der Waals surface area contributed by atoms with Crippen LogP contribution >= 0.6 is 11.3 Å². The van der Waals surface area contributed by atoms with Crippen LogP contribution in [0, 0.1) is 6.92 Å². The van der Waals surface area contributed by atoms with E-state index in [2.05, 4.69) is 4.98 Å². The number of ether oxygens (including phenoxy) is 2. The zero-order valence-corrected chi connectivity index (χ0v) is 11.4. The average molecular weight is 265 g/mol. The zero-order valence-electron chi connectivity index (χ0n) is 10.6. The maximum Gasteiger partial charge on any atom is 0.132 e. The topological polar surface area (TPSA) is 51.6 Å². The second-order valence-corrected chi connectivity index (χ2v) is 4.75. The van der Waals surface area contributed by atoms with Crippen LogP contribution in [-0.2, 0) is 6.61 Å². The molecular formula is C13H15NO3S. The summed E-state index contributed by atoms with van der Waals surface area (Å²) in [4.78, 5) is 4.37. The summed E-state index contributed by atoms with van der Waals surface area (Å²) >= 11 is 1.43. The Morgan fingerprint density at radius 1 is 1.28 bits per heavy atom. The summed E-state index contributed by atoms with van der Waals surface area (Å²) in [5, 5.41) is 11.7. The molecule has 0 fully saturated rings. The third-order valence-electron chi connectivity index (χ3n) is 2.67. The quantitative estimate of drug-likeness (QED) is 0.923. The van der Waals surface area contributed by atoms with Crippen LogP contribution in [0.15, 0.2) is 17.5 Å². The minimum absolute atomic E-state index is 0.0395. The minimum Gasteiger partial charge on any atom is -0.497 e. The Bertz CT molecular complexity index is 551. The fraction of sp³-hybridized carbons (Fsp3) is 0.308. The van der Waals surface area contributed by atoms with E-state index in [-0.39, 0.29) is 6.61 Å². The first kappa shape index (κ1) is 12.9. The number of aryl methyl sites for hydroxylation is 1. The maximum atomic E-state index is 9.07. The van der Waals surface area contributed by atoms with Gasteiger partial charge in [-0.2, -0.15) is 0 Å². The predicted molar refractivity (Wildman–Crippen MR) is 71.3 cm³/mol. The molecule has 5 heteroatoms. The first-order valence-electron chi connectivity index (χ1n) is 5.47. The fourth-order valence-electron chi connectivity index (χ4n) is 1.83. The number of rotatable bonds is 4. The molecule has 0 atom stereocenters. The van der Waals surface area contributed by atoms with E-state index in [0.717, 1.165) is 28.3 Å². The van der Waals surface area contributed by atoms with Crippen molar-refractivity contribution >= 4 is 11.3 Å². The number of aromatic nitrogens is 1. The van der Waals surface area contributed by atoms with Crippen LogP contribution in [0.4, 0.5) is 0 Å². The van der Waals surface area contributed by atoms with Crippen molar-refractivity contribution in [1.82, 2.24) is 4.98 Å². The molecule has 0 radical (unpaired) electrons. The number of benzene rings is 1. The molecule has 0 saturated carbocycles. The lowest BCUT2D eigenvalue weighted by molar-refractivity contribution is 0.281. The fourth-order valence-corrected chi connectivity index (χ4v) is 2.47. The van der Waals surface area contributed by atoms with Crippen LogP contribution in [0.2, 0.25) is 0 Å². The molecule has 1 N–H and O–H groups in total. The van der Waals surface area contributed by atoms with E-state index < -0.39 is 0 Å².